The van der Waals surface area contributed by atoms with Crippen LogP contribution in [-0.4, -0.2) is 25.7 Å². The summed E-state index contributed by atoms with van der Waals surface area (Å²) in [5.41, 5.74) is 0.578. The third-order valence-electron chi connectivity index (χ3n) is 2.76. The third-order valence-corrected chi connectivity index (χ3v) is 3.50. The van der Waals surface area contributed by atoms with Crippen LogP contribution in [0.1, 0.15) is 17.3 Å². The van der Waals surface area contributed by atoms with E-state index in [1.807, 2.05) is 0 Å². The molecule has 0 atom stereocenters. The van der Waals surface area contributed by atoms with Crippen LogP contribution in [0.15, 0.2) is 18.2 Å². The Hall–Kier alpha value is -0.770. The fourth-order valence-corrected chi connectivity index (χ4v) is 1.88. The lowest BCUT2D eigenvalue weighted by Crippen LogP contribution is -2.48. The van der Waals surface area contributed by atoms with E-state index in [2.05, 4.69) is 12.2 Å². The molecular weight excluding hydrogens is 261 g/mol. The molecule has 0 aliphatic carbocycles. The molecule has 1 N–H and O–H groups in total. The maximum atomic E-state index is 11.8. The highest BCUT2D eigenvalue weighted by atomic mass is 35.5. The van der Waals surface area contributed by atoms with Crippen molar-refractivity contribution in [3.63, 3.8) is 0 Å². The quantitative estimate of drug-likeness (QED) is 0.920. The monoisotopic (exact) mass is 273 g/mol. The zero-order valence-electron chi connectivity index (χ0n) is 9.43. The molecule has 17 heavy (non-hydrogen) atoms. The summed E-state index contributed by atoms with van der Waals surface area (Å²) in [6.45, 7) is 4.06. The molecule has 92 valence electrons. The zero-order chi connectivity index (χ0) is 12.5. The van der Waals surface area contributed by atoms with Gasteiger partial charge in [0, 0.05) is 17.5 Å². The molecule has 0 bridgehead atoms. The van der Waals surface area contributed by atoms with Crippen molar-refractivity contribution in [3.05, 3.63) is 33.8 Å². The largest absolute Gasteiger partial charge is 0.380 e. The molecule has 2 rings (SSSR count). The molecule has 1 aliphatic heterocycles. The summed E-state index contributed by atoms with van der Waals surface area (Å²) < 4.78 is 5.12. The van der Waals surface area contributed by atoms with E-state index in [4.69, 9.17) is 27.9 Å². The molecule has 0 spiro atoms. The first-order valence-electron chi connectivity index (χ1n) is 5.31. The number of hydrogen-bond acceptors (Lipinski definition) is 2. The molecule has 1 aliphatic rings. The van der Waals surface area contributed by atoms with Crippen LogP contribution in [0.25, 0.3) is 0 Å². The van der Waals surface area contributed by atoms with Gasteiger partial charge in [-0.25, -0.2) is 0 Å². The van der Waals surface area contributed by atoms with Crippen molar-refractivity contribution in [1.82, 2.24) is 5.32 Å². The fraction of sp³-hybridized carbons (Fsp3) is 0.417. The fourth-order valence-electron chi connectivity index (χ4n) is 1.59. The maximum Gasteiger partial charge on any atom is 0.251 e. The van der Waals surface area contributed by atoms with E-state index >= 15 is 0 Å². The lowest BCUT2D eigenvalue weighted by atomic mass is 9.89. The minimum atomic E-state index is -0.142. The third kappa shape index (κ3) is 2.92. The number of ether oxygens (including phenoxy) is 1. The minimum Gasteiger partial charge on any atom is -0.380 e. The highest BCUT2D eigenvalue weighted by molar-refractivity contribution is 6.42. The van der Waals surface area contributed by atoms with Gasteiger partial charge in [0.1, 0.15) is 0 Å². The molecule has 1 heterocycles. The minimum absolute atomic E-state index is 0.0614. The van der Waals surface area contributed by atoms with Gasteiger partial charge in [0.15, 0.2) is 0 Å². The Balaban J connectivity index is 1.97. The summed E-state index contributed by atoms with van der Waals surface area (Å²) in [5.74, 6) is -0.142. The molecule has 0 aromatic heterocycles. The van der Waals surface area contributed by atoms with Gasteiger partial charge in [-0.3, -0.25) is 4.79 Å². The van der Waals surface area contributed by atoms with E-state index in [1.165, 1.54) is 0 Å². The average molecular weight is 274 g/mol. The molecule has 0 radical (unpaired) electrons. The Kier molecular flexibility index (Phi) is 3.61. The van der Waals surface area contributed by atoms with Gasteiger partial charge in [0.05, 0.1) is 23.3 Å². The van der Waals surface area contributed by atoms with Gasteiger partial charge in [-0.1, -0.05) is 30.1 Å². The Morgan fingerprint density at radius 3 is 2.65 bits per heavy atom. The number of rotatable bonds is 3. The van der Waals surface area contributed by atoms with E-state index in [0.717, 1.165) is 0 Å². The second-order valence-corrected chi connectivity index (χ2v) is 5.43. The lowest BCUT2D eigenvalue weighted by molar-refractivity contribution is -0.0978. The van der Waals surface area contributed by atoms with Gasteiger partial charge in [-0.05, 0) is 18.2 Å². The van der Waals surface area contributed by atoms with Crippen molar-refractivity contribution >= 4 is 29.1 Å². The summed E-state index contributed by atoms with van der Waals surface area (Å²) in [4.78, 5) is 11.8. The van der Waals surface area contributed by atoms with E-state index in [-0.39, 0.29) is 11.3 Å². The van der Waals surface area contributed by atoms with Gasteiger partial charge < -0.3 is 10.1 Å². The van der Waals surface area contributed by atoms with Crippen LogP contribution in [-0.2, 0) is 4.74 Å². The SMILES string of the molecule is CC1(CNC(=O)c2ccc(Cl)c(Cl)c2)COC1. The number of carbonyl (C=O) groups excluding carboxylic acids is 1. The predicted octanol–water partition coefficient (Wildman–Crippen LogP) is 2.76. The molecule has 3 nitrogen and oxygen atoms in total. The van der Waals surface area contributed by atoms with Crippen LogP contribution in [0.2, 0.25) is 10.0 Å². The first-order chi connectivity index (χ1) is 8.00. The topological polar surface area (TPSA) is 38.3 Å². The standard InChI is InChI=1S/C12H13Cl2NO2/c1-12(6-17-7-12)5-15-11(16)8-2-3-9(13)10(14)4-8/h2-4H,5-7H2,1H3,(H,15,16). The van der Waals surface area contributed by atoms with Gasteiger partial charge in [0.25, 0.3) is 5.91 Å². The number of halogens is 2. The molecule has 1 amide bonds. The maximum absolute atomic E-state index is 11.8. The summed E-state index contributed by atoms with van der Waals surface area (Å²) >= 11 is 11.6. The van der Waals surface area contributed by atoms with Crippen LogP contribution in [0.4, 0.5) is 0 Å². The average Bonchev–Trinajstić information content (AvgIpc) is 2.27. The Morgan fingerprint density at radius 1 is 1.41 bits per heavy atom. The molecule has 0 unspecified atom stereocenters. The van der Waals surface area contributed by atoms with E-state index in [0.29, 0.717) is 35.4 Å². The molecule has 1 aromatic rings. The molecule has 1 aromatic carbocycles. The molecular formula is C12H13Cl2NO2. The highest BCUT2D eigenvalue weighted by Gasteiger charge is 2.33. The lowest BCUT2D eigenvalue weighted by Gasteiger charge is -2.38. The van der Waals surface area contributed by atoms with E-state index in [1.54, 1.807) is 18.2 Å². The summed E-state index contributed by atoms with van der Waals surface area (Å²) in [7, 11) is 0. The molecule has 5 heteroatoms. The second kappa shape index (κ2) is 4.84. The van der Waals surface area contributed by atoms with Crippen LogP contribution in [0, 0.1) is 5.41 Å². The first-order valence-corrected chi connectivity index (χ1v) is 6.07. The zero-order valence-corrected chi connectivity index (χ0v) is 10.9. The van der Waals surface area contributed by atoms with Crippen LogP contribution >= 0.6 is 23.2 Å². The van der Waals surface area contributed by atoms with Crippen molar-refractivity contribution in [2.75, 3.05) is 19.8 Å². The predicted molar refractivity (Wildman–Crippen MR) is 67.7 cm³/mol. The second-order valence-electron chi connectivity index (χ2n) is 4.62. The van der Waals surface area contributed by atoms with Gasteiger partial charge in [0.2, 0.25) is 0 Å². The Morgan fingerprint density at radius 2 is 2.12 bits per heavy atom. The summed E-state index contributed by atoms with van der Waals surface area (Å²) in [6.07, 6.45) is 0. The summed E-state index contributed by atoms with van der Waals surface area (Å²) in [6, 6.07) is 4.84. The Bertz CT molecular complexity index is 444. The number of nitrogens with one attached hydrogen (secondary N) is 1. The van der Waals surface area contributed by atoms with Crippen molar-refractivity contribution in [2.24, 2.45) is 5.41 Å². The van der Waals surface area contributed by atoms with Crippen LogP contribution < -0.4 is 5.32 Å². The van der Waals surface area contributed by atoms with Crippen molar-refractivity contribution in [3.8, 4) is 0 Å². The van der Waals surface area contributed by atoms with Gasteiger partial charge in [-0.15, -0.1) is 0 Å². The highest BCUT2D eigenvalue weighted by Crippen LogP contribution is 2.26. The van der Waals surface area contributed by atoms with Gasteiger partial charge >= 0.3 is 0 Å². The molecule has 1 fully saturated rings. The van der Waals surface area contributed by atoms with Crippen molar-refractivity contribution < 1.29 is 9.53 Å². The van der Waals surface area contributed by atoms with Crippen molar-refractivity contribution in [1.29, 1.82) is 0 Å². The van der Waals surface area contributed by atoms with Crippen LogP contribution in [0.5, 0.6) is 0 Å². The number of carbonyl (C=O) groups is 1. The van der Waals surface area contributed by atoms with Crippen LogP contribution in [0.3, 0.4) is 0 Å². The number of amides is 1. The number of hydrogen-bond donors (Lipinski definition) is 1. The summed E-state index contributed by atoms with van der Waals surface area (Å²) in [5, 5.41) is 3.70. The van der Waals surface area contributed by atoms with Crippen molar-refractivity contribution in [2.45, 2.75) is 6.92 Å². The smallest absolute Gasteiger partial charge is 0.251 e. The normalized spacial score (nSPS) is 17.4. The first kappa shape index (κ1) is 12.7. The number of benzene rings is 1. The van der Waals surface area contributed by atoms with E-state index < -0.39 is 0 Å². The molecule has 1 saturated heterocycles. The van der Waals surface area contributed by atoms with E-state index in [9.17, 15) is 4.79 Å². The van der Waals surface area contributed by atoms with Gasteiger partial charge in [-0.2, -0.15) is 0 Å². The molecule has 0 saturated carbocycles. The Labute approximate surface area is 110 Å².